The van der Waals surface area contributed by atoms with Gasteiger partial charge in [0, 0.05) is 31.9 Å². The zero-order chi connectivity index (χ0) is 17.0. The summed E-state index contributed by atoms with van der Waals surface area (Å²) in [7, 11) is 0. The van der Waals surface area contributed by atoms with Gasteiger partial charge in [-0.1, -0.05) is 6.07 Å². The van der Waals surface area contributed by atoms with Gasteiger partial charge in [-0.2, -0.15) is 0 Å². The van der Waals surface area contributed by atoms with Crippen molar-refractivity contribution in [3.8, 4) is 0 Å². The van der Waals surface area contributed by atoms with Crippen LogP contribution in [0, 0.1) is 5.92 Å². The quantitative estimate of drug-likeness (QED) is 0.842. The molecule has 1 saturated heterocycles. The number of halogens is 2. The fraction of sp³-hybridized carbons (Fsp3) is 0.412. The van der Waals surface area contributed by atoms with Gasteiger partial charge in [0.15, 0.2) is 5.76 Å². The largest absolute Gasteiger partial charge is 0.459 e. The minimum Gasteiger partial charge on any atom is -0.459 e. The molecule has 2 aromatic heterocycles. The third kappa shape index (κ3) is 3.79. The van der Waals surface area contributed by atoms with Gasteiger partial charge in [0.1, 0.15) is 0 Å². The van der Waals surface area contributed by atoms with Gasteiger partial charge in [-0.3, -0.25) is 9.78 Å². The third-order valence-electron chi connectivity index (χ3n) is 4.08. The second-order valence-corrected chi connectivity index (χ2v) is 5.81. The van der Waals surface area contributed by atoms with Crippen LogP contribution >= 0.6 is 0 Å². The van der Waals surface area contributed by atoms with E-state index in [4.69, 9.17) is 9.15 Å². The van der Waals surface area contributed by atoms with Crippen molar-refractivity contribution in [2.75, 3.05) is 19.7 Å². The summed E-state index contributed by atoms with van der Waals surface area (Å²) in [5.41, 5.74) is 0.820. The molecule has 1 unspecified atom stereocenters. The molecule has 3 heterocycles. The molecule has 0 spiro atoms. The van der Waals surface area contributed by atoms with Gasteiger partial charge >= 0.3 is 0 Å². The van der Waals surface area contributed by atoms with Gasteiger partial charge in [-0.25, -0.2) is 8.78 Å². The van der Waals surface area contributed by atoms with E-state index in [-0.39, 0.29) is 44.4 Å². The summed E-state index contributed by atoms with van der Waals surface area (Å²) in [5, 5.41) is 0. The summed E-state index contributed by atoms with van der Waals surface area (Å²) < 4.78 is 38.7. The van der Waals surface area contributed by atoms with E-state index in [9.17, 15) is 13.6 Å². The molecule has 1 amide bonds. The average Bonchev–Trinajstić information content (AvgIpc) is 3.11. The van der Waals surface area contributed by atoms with Crippen LogP contribution in [0.1, 0.15) is 22.5 Å². The normalized spacial score (nSPS) is 20.1. The number of hydrogen-bond donors (Lipinski definition) is 0. The average molecular weight is 336 g/mol. The minimum atomic E-state index is -2.85. The van der Waals surface area contributed by atoms with Crippen molar-refractivity contribution in [1.82, 2.24) is 9.88 Å². The molecule has 0 aromatic carbocycles. The monoisotopic (exact) mass is 336 g/mol. The second kappa shape index (κ2) is 7.09. The summed E-state index contributed by atoms with van der Waals surface area (Å²) in [5.74, 6) is -4.10. The number of ether oxygens (including phenoxy) is 1. The number of alkyl halides is 2. The Balaban J connectivity index is 1.58. The maximum atomic E-state index is 14.1. The number of carbonyl (C=O) groups is 1. The van der Waals surface area contributed by atoms with Crippen molar-refractivity contribution in [3.63, 3.8) is 0 Å². The van der Waals surface area contributed by atoms with Crippen LogP contribution in [0.5, 0.6) is 0 Å². The number of nitrogens with zero attached hydrogens (tertiary/aromatic N) is 2. The van der Waals surface area contributed by atoms with Crippen molar-refractivity contribution < 1.29 is 22.7 Å². The lowest BCUT2D eigenvalue weighted by Crippen LogP contribution is -2.50. The van der Waals surface area contributed by atoms with E-state index in [1.54, 1.807) is 24.5 Å². The fourth-order valence-corrected chi connectivity index (χ4v) is 2.70. The van der Waals surface area contributed by atoms with Crippen LogP contribution in [0.2, 0.25) is 0 Å². The van der Waals surface area contributed by atoms with E-state index in [0.29, 0.717) is 0 Å². The lowest BCUT2D eigenvalue weighted by Gasteiger charge is -2.37. The van der Waals surface area contributed by atoms with Gasteiger partial charge in [0.05, 0.1) is 25.4 Å². The zero-order valence-corrected chi connectivity index (χ0v) is 13.0. The SMILES string of the molecule is O=C(c1ccco1)N1CCC(F)(F)C(COCc2cccnc2)C1. The highest BCUT2D eigenvalue weighted by atomic mass is 19.3. The van der Waals surface area contributed by atoms with Crippen LogP contribution in [0.3, 0.4) is 0 Å². The van der Waals surface area contributed by atoms with E-state index >= 15 is 0 Å². The smallest absolute Gasteiger partial charge is 0.289 e. The van der Waals surface area contributed by atoms with E-state index in [0.717, 1.165) is 5.56 Å². The van der Waals surface area contributed by atoms with Crippen molar-refractivity contribution in [3.05, 3.63) is 54.2 Å². The van der Waals surface area contributed by atoms with Gasteiger partial charge in [-0.05, 0) is 23.8 Å². The van der Waals surface area contributed by atoms with Crippen LogP contribution in [0.25, 0.3) is 0 Å². The molecule has 0 saturated carbocycles. The molecule has 128 valence electrons. The molecule has 2 aromatic rings. The molecule has 5 nitrogen and oxygen atoms in total. The predicted octanol–water partition coefficient (Wildman–Crippen LogP) is 2.99. The Kier molecular flexibility index (Phi) is 4.89. The summed E-state index contributed by atoms with van der Waals surface area (Å²) in [6, 6.07) is 6.71. The Labute approximate surface area is 138 Å². The molecule has 24 heavy (non-hydrogen) atoms. The Hall–Kier alpha value is -2.28. The first-order valence-corrected chi connectivity index (χ1v) is 7.73. The maximum absolute atomic E-state index is 14.1. The lowest BCUT2D eigenvalue weighted by molar-refractivity contribution is -0.124. The Bertz CT molecular complexity index is 662. The minimum absolute atomic E-state index is 0.00559. The number of likely N-dealkylation sites (tertiary alicyclic amines) is 1. The van der Waals surface area contributed by atoms with Gasteiger partial charge in [0.25, 0.3) is 11.8 Å². The summed E-state index contributed by atoms with van der Waals surface area (Å²) in [4.78, 5) is 17.6. The highest BCUT2D eigenvalue weighted by molar-refractivity contribution is 5.91. The number of piperidine rings is 1. The molecule has 7 heteroatoms. The highest BCUT2D eigenvalue weighted by Gasteiger charge is 2.45. The number of hydrogen-bond acceptors (Lipinski definition) is 4. The fourth-order valence-electron chi connectivity index (χ4n) is 2.70. The molecule has 0 N–H and O–H groups in total. The van der Waals surface area contributed by atoms with Crippen LogP contribution in [0.15, 0.2) is 47.3 Å². The highest BCUT2D eigenvalue weighted by Crippen LogP contribution is 2.34. The van der Waals surface area contributed by atoms with E-state index in [1.807, 2.05) is 6.07 Å². The van der Waals surface area contributed by atoms with E-state index in [1.165, 1.54) is 17.2 Å². The Morgan fingerprint density at radius 3 is 3.00 bits per heavy atom. The van der Waals surface area contributed by atoms with E-state index in [2.05, 4.69) is 4.98 Å². The summed E-state index contributed by atoms with van der Waals surface area (Å²) in [6.07, 6.45) is 4.28. The molecule has 3 rings (SSSR count). The number of amides is 1. The van der Waals surface area contributed by atoms with Crippen LogP contribution < -0.4 is 0 Å². The van der Waals surface area contributed by atoms with Crippen LogP contribution in [-0.4, -0.2) is 41.4 Å². The van der Waals surface area contributed by atoms with E-state index < -0.39 is 11.8 Å². The van der Waals surface area contributed by atoms with Crippen LogP contribution in [-0.2, 0) is 11.3 Å². The number of rotatable bonds is 5. The predicted molar refractivity (Wildman–Crippen MR) is 81.6 cm³/mol. The number of pyridine rings is 1. The molecule has 0 bridgehead atoms. The molecule has 1 atom stereocenters. The standard InChI is InChI=1S/C17H18F2N2O3/c18-17(19)5-7-21(16(22)15-4-2-8-24-15)10-14(17)12-23-11-13-3-1-6-20-9-13/h1-4,6,8-9,14H,5,7,10-12H2. The first-order valence-electron chi connectivity index (χ1n) is 7.73. The number of carbonyl (C=O) groups excluding carboxylic acids is 1. The first kappa shape index (κ1) is 16.6. The Morgan fingerprint density at radius 1 is 1.42 bits per heavy atom. The van der Waals surface area contributed by atoms with Crippen LogP contribution in [0.4, 0.5) is 8.78 Å². The lowest BCUT2D eigenvalue weighted by atomic mass is 9.94. The molecule has 0 aliphatic carbocycles. The van der Waals surface area contributed by atoms with Gasteiger partial charge in [0.2, 0.25) is 0 Å². The van der Waals surface area contributed by atoms with Crippen molar-refractivity contribution in [2.45, 2.75) is 19.0 Å². The molecule has 0 radical (unpaired) electrons. The number of furan rings is 1. The zero-order valence-electron chi connectivity index (χ0n) is 13.0. The summed E-state index contributed by atoms with van der Waals surface area (Å²) >= 11 is 0. The van der Waals surface area contributed by atoms with Crippen molar-refractivity contribution in [2.24, 2.45) is 5.92 Å². The van der Waals surface area contributed by atoms with Gasteiger partial charge in [-0.15, -0.1) is 0 Å². The maximum Gasteiger partial charge on any atom is 0.289 e. The second-order valence-electron chi connectivity index (χ2n) is 5.81. The van der Waals surface area contributed by atoms with Crippen molar-refractivity contribution in [1.29, 1.82) is 0 Å². The van der Waals surface area contributed by atoms with Crippen molar-refractivity contribution >= 4 is 5.91 Å². The molecular formula is C17H18F2N2O3. The first-order chi connectivity index (χ1) is 11.6. The van der Waals surface area contributed by atoms with Gasteiger partial charge < -0.3 is 14.1 Å². The Morgan fingerprint density at radius 2 is 2.29 bits per heavy atom. The molecule has 1 fully saturated rings. The number of aromatic nitrogens is 1. The topological polar surface area (TPSA) is 55.6 Å². The molecule has 1 aliphatic heterocycles. The molecule has 1 aliphatic rings. The molecular weight excluding hydrogens is 318 g/mol. The summed E-state index contributed by atoms with van der Waals surface area (Å²) in [6.45, 7) is 0.0432. The third-order valence-corrected chi connectivity index (χ3v) is 4.08.